The lowest BCUT2D eigenvalue weighted by Gasteiger charge is -2.43. The molecule has 2 saturated heterocycles. The average Bonchev–Trinajstić information content (AvgIpc) is 2.98. The van der Waals surface area contributed by atoms with Gasteiger partial charge in [-0.3, -0.25) is 9.59 Å². The van der Waals surface area contributed by atoms with Crippen LogP contribution in [0, 0.1) is 11.8 Å². The first-order chi connectivity index (χ1) is 18.6. The standard InChI is InChI=1S/C32H36N2O4/c1-37-27-12-8-25(9-13-27)31-29(16-17-30(35)34(31)26-10-14-28(38-2)15-11-26)32(36)33-20-18-24(19-21-33)22-23-6-4-3-5-7-23/h3-15,24,29,31H,16-22H2,1-2H3/t29-,31+/m0/s1. The third-order valence-corrected chi connectivity index (χ3v) is 8.02. The van der Waals surface area contributed by atoms with E-state index < -0.39 is 0 Å². The number of anilines is 1. The van der Waals surface area contributed by atoms with Crippen LogP contribution in [0.4, 0.5) is 5.69 Å². The van der Waals surface area contributed by atoms with Crippen molar-refractivity contribution in [2.75, 3.05) is 32.2 Å². The molecule has 6 nitrogen and oxygen atoms in total. The van der Waals surface area contributed by atoms with Crippen LogP contribution >= 0.6 is 0 Å². The number of ether oxygens (including phenoxy) is 2. The van der Waals surface area contributed by atoms with E-state index in [1.165, 1.54) is 5.56 Å². The highest BCUT2D eigenvalue weighted by molar-refractivity contribution is 5.97. The zero-order chi connectivity index (χ0) is 26.5. The van der Waals surface area contributed by atoms with Gasteiger partial charge in [0.25, 0.3) is 0 Å². The van der Waals surface area contributed by atoms with Crippen molar-refractivity contribution in [1.82, 2.24) is 4.90 Å². The predicted octanol–water partition coefficient (Wildman–Crippen LogP) is 5.67. The Labute approximate surface area is 225 Å². The van der Waals surface area contributed by atoms with E-state index in [2.05, 4.69) is 24.3 Å². The molecule has 3 aromatic carbocycles. The van der Waals surface area contributed by atoms with Crippen LogP contribution in [-0.2, 0) is 16.0 Å². The highest BCUT2D eigenvalue weighted by Gasteiger charge is 2.43. The van der Waals surface area contributed by atoms with Crippen molar-refractivity contribution in [2.24, 2.45) is 11.8 Å². The molecule has 0 saturated carbocycles. The molecule has 2 aliphatic heterocycles. The van der Waals surface area contributed by atoms with Gasteiger partial charge in [0.15, 0.2) is 0 Å². The number of nitrogens with zero attached hydrogens (tertiary/aromatic N) is 2. The number of likely N-dealkylation sites (tertiary alicyclic amines) is 1. The number of benzene rings is 3. The molecular weight excluding hydrogens is 476 g/mol. The fourth-order valence-electron chi connectivity index (χ4n) is 5.92. The number of piperidine rings is 2. The molecule has 0 spiro atoms. The van der Waals surface area contributed by atoms with Gasteiger partial charge in [0.1, 0.15) is 11.5 Å². The SMILES string of the molecule is COc1ccc([C@@H]2[C@@H](C(=O)N3CCC(Cc4ccccc4)CC3)CCC(=O)N2c2ccc(OC)cc2)cc1. The number of hydrogen-bond acceptors (Lipinski definition) is 4. The molecule has 2 atom stereocenters. The molecule has 0 aromatic heterocycles. The molecule has 2 aliphatic rings. The molecular formula is C32H36N2O4. The fraction of sp³-hybridized carbons (Fsp3) is 0.375. The number of rotatable bonds is 7. The van der Waals surface area contributed by atoms with Crippen LogP contribution < -0.4 is 14.4 Å². The van der Waals surface area contributed by atoms with Gasteiger partial charge in [-0.1, -0.05) is 42.5 Å². The molecule has 38 heavy (non-hydrogen) atoms. The third kappa shape index (κ3) is 5.54. The lowest BCUT2D eigenvalue weighted by Crippen LogP contribution is -2.50. The lowest BCUT2D eigenvalue weighted by molar-refractivity contribution is -0.139. The molecule has 0 radical (unpaired) electrons. The van der Waals surface area contributed by atoms with E-state index in [4.69, 9.17) is 9.47 Å². The fourth-order valence-corrected chi connectivity index (χ4v) is 5.92. The van der Waals surface area contributed by atoms with Gasteiger partial charge in [0.2, 0.25) is 11.8 Å². The van der Waals surface area contributed by atoms with Crippen LogP contribution in [0.1, 0.15) is 42.9 Å². The molecule has 0 aliphatic carbocycles. The Hall–Kier alpha value is -3.80. The molecule has 2 fully saturated rings. The van der Waals surface area contributed by atoms with Crippen molar-refractivity contribution in [3.8, 4) is 11.5 Å². The van der Waals surface area contributed by atoms with E-state index in [1.807, 2.05) is 64.4 Å². The Balaban J connectivity index is 1.38. The first-order valence-corrected chi connectivity index (χ1v) is 13.5. The Kier molecular flexibility index (Phi) is 7.97. The first-order valence-electron chi connectivity index (χ1n) is 13.5. The monoisotopic (exact) mass is 512 g/mol. The number of hydrogen-bond donors (Lipinski definition) is 0. The number of methoxy groups -OCH3 is 2. The normalized spacial score (nSPS) is 20.3. The van der Waals surface area contributed by atoms with Crippen LogP contribution in [0.2, 0.25) is 0 Å². The molecule has 3 aromatic rings. The Morgan fingerprint density at radius 1 is 0.816 bits per heavy atom. The summed E-state index contributed by atoms with van der Waals surface area (Å²) in [6.45, 7) is 1.53. The van der Waals surface area contributed by atoms with E-state index in [1.54, 1.807) is 14.2 Å². The summed E-state index contributed by atoms with van der Waals surface area (Å²) in [6.07, 6.45) is 3.95. The second-order valence-electron chi connectivity index (χ2n) is 10.3. The zero-order valence-electron chi connectivity index (χ0n) is 22.2. The van der Waals surface area contributed by atoms with Gasteiger partial charge in [-0.2, -0.15) is 0 Å². The Morgan fingerprint density at radius 2 is 1.42 bits per heavy atom. The summed E-state index contributed by atoms with van der Waals surface area (Å²) in [6, 6.07) is 25.5. The molecule has 6 heteroatoms. The van der Waals surface area contributed by atoms with Crippen LogP contribution in [0.3, 0.4) is 0 Å². The van der Waals surface area contributed by atoms with Crippen LogP contribution in [0.15, 0.2) is 78.9 Å². The first kappa shape index (κ1) is 25.8. The van der Waals surface area contributed by atoms with Crippen molar-refractivity contribution < 1.29 is 19.1 Å². The largest absolute Gasteiger partial charge is 0.497 e. The topological polar surface area (TPSA) is 59.1 Å². The maximum Gasteiger partial charge on any atom is 0.228 e. The third-order valence-electron chi connectivity index (χ3n) is 8.02. The van der Waals surface area contributed by atoms with E-state index in [-0.39, 0.29) is 23.8 Å². The number of amides is 2. The zero-order valence-corrected chi connectivity index (χ0v) is 22.2. The van der Waals surface area contributed by atoms with Gasteiger partial charge in [-0.25, -0.2) is 0 Å². The Bertz CT molecular complexity index is 1220. The second-order valence-corrected chi connectivity index (χ2v) is 10.3. The highest BCUT2D eigenvalue weighted by atomic mass is 16.5. The molecule has 5 rings (SSSR count). The van der Waals surface area contributed by atoms with Gasteiger partial charge >= 0.3 is 0 Å². The Morgan fingerprint density at radius 3 is 2.03 bits per heavy atom. The van der Waals surface area contributed by atoms with Gasteiger partial charge in [0.05, 0.1) is 26.2 Å². The van der Waals surface area contributed by atoms with Crippen molar-refractivity contribution in [3.63, 3.8) is 0 Å². The summed E-state index contributed by atoms with van der Waals surface area (Å²) >= 11 is 0. The van der Waals surface area contributed by atoms with Crippen LogP contribution in [-0.4, -0.2) is 44.0 Å². The molecule has 0 bridgehead atoms. The minimum Gasteiger partial charge on any atom is -0.497 e. The minimum atomic E-state index is -0.384. The van der Waals surface area contributed by atoms with Gasteiger partial charge in [-0.15, -0.1) is 0 Å². The summed E-state index contributed by atoms with van der Waals surface area (Å²) in [5.41, 5.74) is 3.07. The highest BCUT2D eigenvalue weighted by Crippen LogP contribution is 2.42. The second kappa shape index (κ2) is 11.7. The minimum absolute atomic E-state index is 0.0293. The number of carbonyl (C=O) groups is 2. The lowest BCUT2D eigenvalue weighted by atomic mass is 9.82. The number of carbonyl (C=O) groups excluding carboxylic acids is 2. The summed E-state index contributed by atoms with van der Waals surface area (Å²) in [5, 5.41) is 0. The molecule has 0 unspecified atom stereocenters. The van der Waals surface area contributed by atoms with Gasteiger partial charge in [0, 0.05) is 25.2 Å². The van der Waals surface area contributed by atoms with E-state index >= 15 is 0 Å². The van der Waals surface area contributed by atoms with E-state index in [9.17, 15) is 9.59 Å². The molecule has 198 valence electrons. The maximum atomic E-state index is 14.1. The van der Waals surface area contributed by atoms with Crippen molar-refractivity contribution in [3.05, 3.63) is 90.0 Å². The van der Waals surface area contributed by atoms with Crippen LogP contribution in [0.5, 0.6) is 11.5 Å². The van der Waals surface area contributed by atoms with Gasteiger partial charge in [-0.05, 0) is 79.1 Å². The van der Waals surface area contributed by atoms with Crippen molar-refractivity contribution in [2.45, 2.75) is 38.1 Å². The summed E-state index contributed by atoms with van der Waals surface area (Å²) in [5.74, 6) is 1.92. The molecule has 0 N–H and O–H groups in total. The maximum absolute atomic E-state index is 14.1. The van der Waals surface area contributed by atoms with Crippen molar-refractivity contribution >= 4 is 17.5 Å². The van der Waals surface area contributed by atoms with Crippen LogP contribution in [0.25, 0.3) is 0 Å². The predicted molar refractivity (Wildman–Crippen MR) is 148 cm³/mol. The molecule has 2 heterocycles. The van der Waals surface area contributed by atoms with E-state index in [0.717, 1.165) is 55.1 Å². The van der Waals surface area contributed by atoms with E-state index in [0.29, 0.717) is 18.8 Å². The summed E-state index contributed by atoms with van der Waals surface area (Å²) in [4.78, 5) is 31.3. The smallest absolute Gasteiger partial charge is 0.228 e. The quantitative estimate of drug-likeness (QED) is 0.409. The average molecular weight is 513 g/mol. The summed E-state index contributed by atoms with van der Waals surface area (Å²) in [7, 11) is 3.26. The van der Waals surface area contributed by atoms with Crippen molar-refractivity contribution in [1.29, 1.82) is 0 Å². The summed E-state index contributed by atoms with van der Waals surface area (Å²) < 4.78 is 10.7. The van der Waals surface area contributed by atoms with Gasteiger partial charge < -0.3 is 19.3 Å². The molecule has 2 amide bonds.